The Morgan fingerprint density at radius 2 is 2.00 bits per heavy atom. The van der Waals surface area contributed by atoms with E-state index >= 15 is 0 Å². The number of aromatic nitrogens is 2. The van der Waals surface area contributed by atoms with Gasteiger partial charge in [0.25, 0.3) is 0 Å². The van der Waals surface area contributed by atoms with Gasteiger partial charge >= 0.3 is 0 Å². The van der Waals surface area contributed by atoms with Crippen molar-refractivity contribution in [1.29, 1.82) is 0 Å². The van der Waals surface area contributed by atoms with Crippen LogP contribution in [0, 0.1) is 0 Å². The first kappa shape index (κ1) is 12.1. The van der Waals surface area contributed by atoms with Gasteiger partial charge in [-0.3, -0.25) is 0 Å². The van der Waals surface area contributed by atoms with Gasteiger partial charge in [-0.15, -0.1) is 0 Å². The van der Waals surface area contributed by atoms with Gasteiger partial charge in [0.1, 0.15) is 4.32 Å². The molecule has 0 amide bonds. The van der Waals surface area contributed by atoms with Gasteiger partial charge in [-0.2, -0.15) is 0 Å². The maximum Gasteiger partial charge on any atom is 0.198 e. The average Bonchev–Trinajstić information content (AvgIpc) is 2.38. The number of morpholine rings is 1. The SMILES string of the molecule is S=C(SSc1ncccn1)N1CCOCC1. The molecule has 1 aromatic heterocycles. The largest absolute Gasteiger partial charge is 0.378 e. The van der Waals surface area contributed by atoms with Gasteiger partial charge in [-0.05, 0) is 27.7 Å². The summed E-state index contributed by atoms with van der Waals surface area (Å²) < 4.78 is 6.15. The molecular weight excluding hydrogens is 262 g/mol. The Hall–Kier alpha value is -0.370. The highest BCUT2D eigenvalue weighted by atomic mass is 33.1. The van der Waals surface area contributed by atoms with Gasteiger partial charge in [0.15, 0.2) is 5.16 Å². The lowest BCUT2D eigenvalue weighted by Crippen LogP contribution is -2.38. The lowest BCUT2D eigenvalue weighted by Gasteiger charge is -2.28. The number of thiocarbonyl (C=S) groups is 1. The van der Waals surface area contributed by atoms with Crippen molar-refractivity contribution in [2.24, 2.45) is 0 Å². The summed E-state index contributed by atoms with van der Waals surface area (Å²) in [7, 11) is 3.02. The van der Waals surface area contributed by atoms with E-state index in [9.17, 15) is 0 Å². The van der Waals surface area contributed by atoms with Crippen LogP contribution in [0.3, 0.4) is 0 Å². The molecule has 1 aromatic rings. The van der Waals surface area contributed by atoms with E-state index in [2.05, 4.69) is 14.9 Å². The molecule has 0 radical (unpaired) electrons. The predicted molar refractivity (Wildman–Crippen MR) is 70.5 cm³/mol. The minimum atomic E-state index is 0.739. The standard InChI is InChI=1S/C9H11N3OS3/c14-9(12-4-6-13-7-5-12)16-15-8-10-2-1-3-11-8/h1-3H,4-7H2. The fourth-order valence-electron chi connectivity index (χ4n) is 1.20. The summed E-state index contributed by atoms with van der Waals surface area (Å²) in [4.78, 5) is 10.4. The Morgan fingerprint density at radius 1 is 1.31 bits per heavy atom. The van der Waals surface area contributed by atoms with Crippen molar-refractivity contribution in [3.63, 3.8) is 0 Å². The molecule has 0 spiro atoms. The van der Waals surface area contributed by atoms with Gasteiger partial charge in [-0.25, -0.2) is 9.97 Å². The lowest BCUT2D eigenvalue weighted by atomic mass is 10.5. The van der Waals surface area contributed by atoms with Gasteiger partial charge in [-0.1, -0.05) is 12.2 Å². The summed E-state index contributed by atoms with van der Waals surface area (Å²) in [6.45, 7) is 3.27. The summed E-state index contributed by atoms with van der Waals surface area (Å²) >= 11 is 5.33. The van der Waals surface area contributed by atoms with Crippen LogP contribution in [-0.2, 0) is 4.74 Å². The quantitative estimate of drug-likeness (QED) is 0.462. The zero-order valence-corrected chi connectivity index (χ0v) is 11.0. The third-order valence-electron chi connectivity index (χ3n) is 2.00. The lowest BCUT2D eigenvalue weighted by molar-refractivity contribution is 0.0703. The summed E-state index contributed by atoms with van der Waals surface area (Å²) in [5.41, 5.74) is 0. The Bertz CT molecular complexity index is 343. The molecule has 0 bridgehead atoms. The van der Waals surface area contributed by atoms with E-state index in [1.807, 2.05) is 0 Å². The molecule has 1 aliphatic heterocycles. The van der Waals surface area contributed by atoms with Crippen LogP contribution in [0.1, 0.15) is 0 Å². The molecule has 1 fully saturated rings. The number of rotatable bonds is 2. The summed E-state index contributed by atoms with van der Waals surface area (Å²) in [5, 5.41) is 0.739. The van der Waals surface area contributed by atoms with Crippen LogP contribution in [0.4, 0.5) is 0 Å². The normalized spacial score (nSPS) is 16.1. The van der Waals surface area contributed by atoms with Crippen molar-refractivity contribution in [1.82, 2.24) is 14.9 Å². The smallest absolute Gasteiger partial charge is 0.198 e. The summed E-state index contributed by atoms with van der Waals surface area (Å²) in [6.07, 6.45) is 3.46. The van der Waals surface area contributed by atoms with Crippen molar-refractivity contribution < 1.29 is 4.74 Å². The highest BCUT2D eigenvalue weighted by Crippen LogP contribution is 2.30. The molecule has 16 heavy (non-hydrogen) atoms. The van der Waals surface area contributed by atoms with Crippen molar-refractivity contribution in [3.8, 4) is 0 Å². The molecule has 4 nitrogen and oxygen atoms in total. The van der Waals surface area contributed by atoms with Crippen LogP contribution in [0.2, 0.25) is 0 Å². The van der Waals surface area contributed by atoms with Crippen molar-refractivity contribution in [3.05, 3.63) is 18.5 Å². The van der Waals surface area contributed by atoms with Gasteiger partial charge < -0.3 is 9.64 Å². The molecule has 7 heteroatoms. The third-order valence-corrected chi connectivity index (χ3v) is 4.84. The number of hydrogen-bond donors (Lipinski definition) is 0. The van der Waals surface area contributed by atoms with Crippen LogP contribution in [0.5, 0.6) is 0 Å². The van der Waals surface area contributed by atoms with Crippen molar-refractivity contribution in [2.45, 2.75) is 5.16 Å². The van der Waals surface area contributed by atoms with Crippen LogP contribution in [0.15, 0.2) is 23.6 Å². The van der Waals surface area contributed by atoms with Crippen molar-refractivity contribution in [2.75, 3.05) is 26.3 Å². The second kappa shape index (κ2) is 6.39. The molecule has 1 aliphatic rings. The van der Waals surface area contributed by atoms with E-state index in [-0.39, 0.29) is 0 Å². The molecule has 86 valence electrons. The predicted octanol–water partition coefficient (Wildman–Crippen LogP) is 1.83. The van der Waals surface area contributed by atoms with Crippen LogP contribution < -0.4 is 0 Å². The molecule has 0 atom stereocenters. The highest BCUT2D eigenvalue weighted by Gasteiger charge is 2.14. The Balaban J connectivity index is 1.79. The minimum Gasteiger partial charge on any atom is -0.378 e. The number of hydrogen-bond acceptors (Lipinski definition) is 6. The van der Waals surface area contributed by atoms with Crippen LogP contribution >= 0.6 is 33.8 Å². The topological polar surface area (TPSA) is 38.2 Å². The minimum absolute atomic E-state index is 0.739. The fraction of sp³-hybridized carbons (Fsp3) is 0.444. The molecule has 0 saturated carbocycles. The van der Waals surface area contributed by atoms with E-state index in [0.717, 1.165) is 35.8 Å². The zero-order valence-electron chi connectivity index (χ0n) is 8.54. The first-order valence-electron chi connectivity index (χ1n) is 4.84. The van der Waals surface area contributed by atoms with E-state index < -0.39 is 0 Å². The Kier molecular flexibility index (Phi) is 4.83. The van der Waals surface area contributed by atoms with Gasteiger partial charge in [0.2, 0.25) is 0 Å². The van der Waals surface area contributed by atoms with E-state index in [1.54, 1.807) is 18.5 Å². The molecule has 0 aliphatic carbocycles. The zero-order chi connectivity index (χ0) is 11.2. The third kappa shape index (κ3) is 3.58. The summed E-state index contributed by atoms with van der Waals surface area (Å²) in [5.74, 6) is 0. The molecule has 2 heterocycles. The number of nitrogens with zero attached hydrogens (tertiary/aromatic N) is 3. The van der Waals surface area contributed by atoms with Crippen molar-refractivity contribution >= 4 is 38.1 Å². The summed E-state index contributed by atoms with van der Waals surface area (Å²) in [6, 6.07) is 1.80. The molecule has 2 rings (SSSR count). The molecule has 0 aromatic carbocycles. The highest BCUT2D eigenvalue weighted by molar-refractivity contribution is 8.83. The molecule has 1 saturated heterocycles. The Labute approximate surface area is 108 Å². The molecular formula is C9H11N3OS3. The van der Waals surface area contributed by atoms with E-state index in [1.165, 1.54) is 21.6 Å². The Morgan fingerprint density at radius 3 is 2.69 bits per heavy atom. The second-order valence-corrected chi connectivity index (χ2v) is 5.79. The maximum absolute atomic E-state index is 5.33. The van der Waals surface area contributed by atoms with E-state index in [0.29, 0.717) is 0 Å². The fourth-order valence-corrected chi connectivity index (χ4v) is 3.34. The first-order chi connectivity index (χ1) is 7.86. The monoisotopic (exact) mass is 273 g/mol. The molecule has 0 N–H and O–H groups in total. The van der Waals surface area contributed by atoms with Gasteiger partial charge in [0.05, 0.1) is 13.2 Å². The maximum atomic E-state index is 5.33. The first-order valence-corrected chi connectivity index (χ1v) is 7.40. The molecule has 0 unspecified atom stereocenters. The average molecular weight is 273 g/mol. The van der Waals surface area contributed by atoms with Crippen LogP contribution in [-0.4, -0.2) is 45.5 Å². The van der Waals surface area contributed by atoms with E-state index in [4.69, 9.17) is 17.0 Å². The number of ether oxygens (including phenoxy) is 1. The van der Waals surface area contributed by atoms with Crippen LogP contribution in [0.25, 0.3) is 0 Å². The second-order valence-electron chi connectivity index (χ2n) is 3.06. The van der Waals surface area contributed by atoms with Gasteiger partial charge in [0, 0.05) is 25.5 Å².